The third kappa shape index (κ3) is 3.48. The largest absolute Gasteiger partial charge is 0.352 e. The van der Waals surface area contributed by atoms with Gasteiger partial charge in [0.2, 0.25) is 0 Å². The van der Waals surface area contributed by atoms with E-state index < -0.39 is 0 Å². The van der Waals surface area contributed by atoms with Crippen molar-refractivity contribution in [2.75, 3.05) is 6.61 Å². The van der Waals surface area contributed by atoms with Gasteiger partial charge in [0.1, 0.15) is 0 Å². The Morgan fingerprint density at radius 2 is 1.83 bits per heavy atom. The summed E-state index contributed by atoms with van der Waals surface area (Å²) in [7, 11) is 0. The Bertz CT molecular complexity index is 243. The molecule has 108 valence electrons. The van der Waals surface area contributed by atoms with Gasteiger partial charge in [0, 0.05) is 12.5 Å². The predicted octanol–water partition coefficient (Wildman–Crippen LogP) is 4.48. The molecule has 0 aromatic heterocycles. The lowest BCUT2D eigenvalue weighted by atomic mass is 9.67. The Labute approximate surface area is 113 Å². The van der Waals surface area contributed by atoms with E-state index >= 15 is 0 Å². The second kappa shape index (κ2) is 6.38. The SMILES string of the molecule is CCC1OC(OCCC(C)C)C(C)[C@H](C)C1(C)C. The van der Waals surface area contributed by atoms with Crippen LogP contribution in [0, 0.1) is 23.2 Å². The van der Waals surface area contributed by atoms with Crippen LogP contribution >= 0.6 is 0 Å². The fourth-order valence-corrected chi connectivity index (χ4v) is 2.90. The first-order valence-electron chi connectivity index (χ1n) is 7.57. The molecule has 1 heterocycles. The normalized spacial score (nSPS) is 36.0. The summed E-state index contributed by atoms with van der Waals surface area (Å²) >= 11 is 0. The van der Waals surface area contributed by atoms with E-state index in [1.54, 1.807) is 0 Å². The van der Waals surface area contributed by atoms with Crippen molar-refractivity contribution >= 4 is 0 Å². The minimum absolute atomic E-state index is 0.0169. The molecule has 0 aliphatic carbocycles. The Hall–Kier alpha value is -0.0800. The van der Waals surface area contributed by atoms with Crippen LogP contribution in [-0.4, -0.2) is 19.0 Å². The van der Waals surface area contributed by atoms with Crippen LogP contribution in [0.3, 0.4) is 0 Å². The first-order chi connectivity index (χ1) is 8.30. The molecule has 1 fully saturated rings. The lowest BCUT2D eigenvalue weighted by molar-refractivity contribution is -0.270. The van der Waals surface area contributed by atoms with E-state index in [2.05, 4.69) is 48.5 Å². The van der Waals surface area contributed by atoms with Crippen LogP contribution in [0.4, 0.5) is 0 Å². The fourth-order valence-electron chi connectivity index (χ4n) is 2.90. The van der Waals surface area contributed by atoms with Gasteiger partial charge in [-0.3, -0.25) is 0 Å². The van der Waals surface area contributed by atoms with Crippen LogP contribution in [0.25, 0.3) is 0 Å². The van der Waals surface area contributed by atoms with Gasteiger partial charge < -0.3 is 9.47 Å². The standard InChI is InChI=1S/C16H32O2/c1-8-14-16(6,7)13(5)12(4)15(18-14)17-10-9-11(2)3/h11-15H,8-10H2,1-7H3/t12?,13-,14?,15?/m0/s1. The summed E-state index contributed by atoms with van der Waals surface area (Å²) in [6, 6.07) is 0. The van der Waals surface area contributed by atoms with Crippen LogP contribution in [0.5, 0.6) is 0 Å². The van der Waals surface area contributed by atoms with Crippen LogP contribution in [0.2, 0.25) is 0 Å². The molecule has 0 aromatic rings. The van der Waals surface area contributed by atoms with Crippen LogP contribution < -0.4 is 0 Å². The fraction of sp³-hybridized carbons (Fsp3) is 1.00. The highest BCUT2D eigenvalue weighted by atomic mass is 16.7. The van der Waals surface area contributed by atoms with E-state index in [1.807, 2.05) is 0 Å². The van der Waals surface area contributed by atoms with Crippen LogP contribution in [0.1, 0.15) is 61.3 Å². The molecule has 1 saturated heterocycles. The summed E-state index contributed by atoms with van der Waals surface area (Å²) in [6.45, 7) is 16.7. The van der Waals surface area contributed by atoms with E-state index in [0.717, 1.165) is 19.4 Å². The van der Waals surface area contributed by atoms with Crippen LogP contribution in [0.15, 0.2) is 0 Å². The van der Waals surface area contributed by atoms with Gasteiger partial charge in [-0.05, 0) is 30.1 Å². The quantitative estimate of drug-likeness (QED) is 0.722. The van der Waals surface area contributed by atoms with Gasteiger partial charge in [-0.15, -0.1) is 0 Å². The zero-order valence-corrected chi connectivity index (χ0v) is 13.3. The highest BCUT2D eigenvalue weighted by Crippen LogP contribution is 2.45. The molecule has 1 rings (SSSR count). The maximum atomic E-state index is 6.19. The third-order valence-corrected chi connectivity index (χ3v) is 4.87. The molecule has 1 aliphatic heterocycles. The van der Waals surface area contributed by atoms with Crippen molar-refractivity contribution in [2.45, 2.75) is 73.7 Å². The summed E-state index contributed by atoms with van der Waals surface area (Å²) in [5, 5.41) is 0. The predicted molar refractivity (Wildman–Crippen MR) is 76.5 cm³/mol. The lowest BCUT2D eigenvalue weighted by Crippen LogP contribution is -2.51. The Balaban J connectivity index is 2.60. The third-order valence-electron chi connectivity index (χ3n) is 4.87. The first-order valence-corrected chi connectivity index (χ1v) is 7.57. The van der Waals surface area contributed by atoms with Crippen molar-refractivity contribution in [3.05, 3.63) is 0 Å². The number of hydrogen-bond donors (Lipinski definition) is 0. The van der Waals surface area contributed by atoms with Gasteiger partial charge in [-0.1, -0.05) is 48.5 Å². The van der Waals surface area contributed by atoms with E-state index in [9.17, 15) is 0 Å². The molecule has 0 spiro atoms. The Morgan fingerprint density at radius 1 is 1.22 bits per heavy atom. The molecule has 18 heavy (non-hydrogen) atoms. The second-order valence-electron chi connectivity index (χ2n) is 6.92. The summed E-state index contributed by atoms with van der Waals surface area (Å²) in [5.41, 5.74) is 0.242. The van der Waals surface area contributed by atoms with Crippen molar-refractivity contribution in [1.82, 2.24) is 0 Å². The lowest BCUT2D eigenvalue weighted by Gasteiger charge is -2.50. The minimum Gasteiger partial charge on any atom is -0.352 e. The van der Waals surface area contributed by atoms with Crippen molar-refractivity contribution < 1.29 is 9.47 Å². The minimum atomic E-state index is -0.0169. The molecule has 0 bridgehead atoms. The Kier molecular flexibility index (Phi) is 5.67. The molecule has 0 N–H and O–H groups in total. The average molecular weight is 256 g/mol. The van der Waals surface area contributed by atoms with Gasteiger partial charge in [0.25, 0.3) is 0 Å². The molecule has 2 heteroatoms. The van der Waals surface area contributed by atoms with Gasteiger partial charge in [0.05, 0.1) is 6.10 Å². The topological polar surface area (TPSA) is 18.5 Å². The Morgan fingerprint density at radius 3 is 2.33 bits per heavy atom. The summed E-state index contributed by atoms with van der Waals surface area (Å²) < 4.78 is 12.2. The van der Waals surface area contributed by atoms with Crippen molar-refractivity contribution in [3.8, 4) is 0 Å². The van der Waals surface area contributed by atoms with Gasteiger partial charge in [0.15, 0.2) is 6.29 Å². The molecule has 2 nitrogen and oxygen atoms in total. The zero-order chi connectivity index (χ0) is 13.9. The van der Waals surface area contributed by atoms with Crippen molar-refractivity contribution in [1.29, 1.82) is 0 Å². The van der Waals surface area contributed by atoms with E-state index in [4.69, 9.17) is 9.47 Å². The molecule has 0 saturated carbocycles. The molecule has 0 radical (unpaired) electrons. The van der Waals surface area contributed by atoms with Crippen molar-refractivity contribution in [3.63, 3.8) is 0 Å². The summed E-state index contributed by atoms with van der Waals surface area (Å²) in [6.07, 6.45) is 2.47. The summed E-state index contributed by atoms with van der Waals surface area (Å²) in [4.78, 5) is 0. The molecule has 3 unspecified atom stereocenters. The van der Waals surface area contributed by atoms with E-state index in [-0.39, 0.29) is 11.7 Å². The maximum Gasteiger partial charge on any atom is 0.160 e. The van der Waals surface area contributed by atoms with Gasteiger partial charge in [-0.25, -0.2) is 0 Å². The molecule has 0 amide bonds. The monoisotopic (exact) mass is 256 g/mol. The number of hydrogen-bond acceptors (Lipinski definition) is 2. The number of rotatable bonds is 5. The molecule has 0 aromatic carbocycles. The molecular weight excluding hydrogens is 224 g/mol. The summed E-state index contributed by atoms with van der Waals surface area (Å²) in [5.74, 6) is 1.79. The molecule has 1 aliphatic rings. The molecular formula is C16H32O2. The maximum absolute atomic E-state index is 6.19. The smallest absolute Gasteiger partial charge is 0.160 e. The van der Waals surface area contributed by atoms with Crippen LogP contribution in [-0.2, 0) is 9.47 Å². The van der Waals surface area contributed by atoms with Gasteiger partial charge >= 0.3 is 0 Å². The number of ether oxygens (including phenoxy) is 2. The van der Waals surface area contributed by atoms with Gasteiger partial charge in [-0.2, -0.15) is 0 Å². The average Bonchev–Trinajstić information content (AvgIpc) is 2.29. The zero-order valence-electron chi connectivity index (χ0n) is 13.3. The first kappa shape index (κ1) is 16.0. The highest BCUT2D eigenvalue weighted by Gasteiger charge is 2.46. The second-order valence-corrected chi connectivity index (χ2v) is 6.92. The van der Waals surface area contributed by atoms with E-state index in [0.29, 0.717) is 23.9 Å². The highest BCUT2D eigenvalue weighted by molar-refractivity contribution is 4.91. The molecule has 4 atom stereocenters. The van der Waals surface area contributed by atoms with E-state index in [1.165, 1.54) is 0 Å². The van der Waals surface area contributed by atoms with Crippen molar-refractivity contribution in [2.24, 2.45) is 23.2 Å².